The van der Waals surface area contributed by atoms with Crippen LogP contribution in [0.15, 0.2) is 115 Å². The Hall–Kier alpha value is -5.18. The highest BCUT2D eigenvalue weighted by Crippen LogP contribution is 2.19. The summed E-state index contributed by atoms with van der Waals surface area (Å²) in [5, 5.41) is 19.8. The number of nitro groups is 1. The molecule has 0 aliphatic rings. The van der Waals surface area contributed by atoms with Crippen LogP contribution < -0.4 is 16.0 Å². The maximum absolute atomic E-state index is 13.6. The lowest BCUT2D eigenvalue weighted by atomic mass is 10.0. The van der Waals surface area contributed by atoms with Gasteiger partial charge in [0, 0.05) is 36.6 Å². The molecule has 9 nitrogen and oxygen atoms in total. The number of anilines is 2. The molecule has 9 heteroatoms. The molecule has 0 spiro atoms. The third-order valence-electron chi connectivity index (χ3n) is 6.07. The van der Waals surface area contributed by atoms with E-state index in [9.17, 15) is 19.7 Å². The molecule has 4 aromatic carbocycles. The highest BCUT2D eigenvalue weighted by atomic mass is 16.6. The smallest absolute Gasteiger partial charge is 0.322 e. The summed E-state index contributed by atoms with van der Waals surface area (Å²) in [5.41, 5.74) is 2.97. The van der Waals surface area contributed by atoms with Crippen LogP contribution in [0.5, 0.6) is 0 Å². The Bertz CT molecular complexity index is 1370. The number of hydrogen-bond donors (Lipinski definition) is 3. The first-order valence-corrected chi connectivity index (χ1v) is 12.5. The number of benzene rings is 4. The van der Waals surface area contributed by atoms with Gasteiger partial charge in [0.2, 0.25) is 0 Å². The Labute approximate surface area is 226 Å². The third-order valence-corrected chi connectivity index (χ3v) is 6.07. The second-order valence-electron chi connectivity index (χ2n) is 8.89. The molecule has 0 heterocycles. The zero-order valence-electron chi connectivity index (χ0n) is 21.2. The van der Waals surface area contributed by atoms with Crippen molar-refractivity contribution in [1.82, 2.24) is 10.2 Å². The molecule has 4 rings (SSSR count). The number of carbonyl (C=O) groups is 2. The van der Waals surface area contributed by atoms with Gasteiger partial charge in [-0.05, 0) is 41.8 Å². The van der Waals surface area contributed by atoms with Crippen molar-refractivity contribution in [3.8, 4) is 0 Å². The molecule has 0 bridgehead atoms. The largest absolute Gasteiger partial charge is 0.336 e. The fourth-order valence-electron chi connectivity index (χ4n) is 4.09. The molecule has 198 valence electrons. The summed E-state index contributed by atoms with van der Waals surface area (Å²) in [6, 6.07) is 32.8. The van der Waals surface area contributed by atoms with E-state index in [1.165, 1.54) is 12.1 Å². The molecule has 4 aromatic rings. The molecule has 0 aliphatic carbocycles. The number of nitrogens with zero attached hydrogens (tertiary/aromatic N) is 2. The summed E-state index contributed by atoms with van der Waals surface area (Å²) in [7, 11) is 0. The third kappa shape index (κ3) is 8.16. The number of amides is 4. The van der Waals surface area contributed by atoms with E-state index in [0.29, 0.717) is 17.8 Å². The first-order valence-electron chi connectivity index (χ1n) is 12.5. The summed E-state index contributed by atoms with van der Waals surface area (Å²) in [6.07, 6.45) is 0.474. The van der Waals surface area contributed by atoms with E-state index in [-0.39, 0.29) is 24.8 Å². The van der Waals surface area contributed by atoms with Gasteiger partial charge in [-0.2, -0.15) is 0 Å². The molecule has 1 atom stereocenters. The standard InChI is InChI=1S/C30H29N5O4/c36-29(32-25-12-6-2-7-13-25)31-21-28(20-23-10-4-1-5-11-23)34(30(37)33-26-14-8-3-9-15-26)22-24-16-18-27(19-17-24)35(38)39/h1-19,28H,20-22H2,(H,33,37)(H2,31,32,36). The lowest BCUT2D eigenvalue weighted by Gasteiger charge is -2.32. The van der Waals surface area contributed by atoms with Crippen molar-refractivity contribution < 1.29 is 14.5 Å². The highest BCUT2D eigenvalue weighted by Gasteiger charge is 2.26. The van der Waals surface area contributed by atoms with Crippen LogP contribution in [0.2, 0.25) is 0 Å². The van der Waals surface area contributed by atoms with Crippen molar-refractivity contribution in [1.29, 1.82) is 0 Å². The van der Waals surface area contributed by atoms with Crippen molar-refractivity contribution in [3.63, 3.8) is 0 Å². The molecule has 0 radical (unpaired) electrons. The number of rotatable bonds is 10. The number of para-hydroxylation sites is 2. The van der Waals surface area contributed by atoms with Crippen molar-refractivity contribution in [2.45, 2.75) is 19.0 Å². The maximum Gasteiger partial charge on any atom is 0.322 e. The van der Waals surface area contributed by atoms with Crippen LogP contribution in [0.1, 0.15) is 11.1 Å². The number of nitro benzene ring substituents is 1. The average Bonchev–Trinajstić information content (AvgIpc) is 2.96. The average molecular weight is 524 g/mol. The van der Waals surface area contributed by atoms with Gasteiger partial charge in [-0.3, -0.25) is 10.1 Å². The Balaban J connectivity index is 1.59. The van der Waals surface area contributed by atoms with Gasteiger partial charge in [0.05, 0.1) is 11.0 Å². The van der Waals surface area contributed by atoms with Gasteiger partial charge in [-0.15, -0.1) is 0 Å². The normalized spacial score (nSPS) is 11.2. The topological polar surface area (TPSA) is 117 Å². The number of carbonyl (C=O) groups excluding carboxylic acids is 2. The van der Waals surface area contributed by atoms with E-state index in [2.05, 4.69) is 16.0 Å². The highest BCUT2D eigenvalue weighted by molar-refractivity contribution is 5.90. The minimum Gasteiger partial charge on any atom is -0.336 e. The first-order chi connectivity index (χ1) is 19.0. The van der Waals surface area contributed by atoms with Crippen LogP contribution in [0.3, 0.4) is 0 Å². The number of hydrogen-bond acceptors (Lipinski definition) is 4. The summed E-state index contributed by atoms with van der Waals surface area (Å²) in [6.45, 7) is 0.346. The minimum atomic E-state index is -0.461. The van der Waals surface area contributed by atoms with Crippen molar-refractivity contribution in [2.75, 3.05) is 17.2 Å². The number of urea groups is 2. The van der Waals surface area contributed by atoms with Gasteiger partial charge in [0.1, 0.15) is 0 Å². The van der Waals surface area contributed by atoms with Gasteiger partial charge < -0.3 is 20.9 Å². The van der Waals surface area contributed by atoms with Crippen LogP contribution in [0.4, 0.5) is 26.7 Å². The zero-order valence-corrected chi connectivity index (χ0v) is 21.2. The predicted molar refractivity (Wildman–Crippen MR) is 151 cm³/mol. The summed E-state index contributed by atoms with van der Waals surface area (Å²) >= 11 is 0. The first kappa shape index (κ1) is 26.9. The van der Waals surface area contributed by atoms with Crippen LogP contribution in [0, 0.1) is 10.1 Å². The molecule has 1 unspecified atom stereocenters. The number of nitrogens with one attached hydrogen (secondary N) is 3. The molecular weight excluding hydrogens is 494 g/mol. The molecule has 0 fully saturated rings. The predicted octanol–water partition coefficient (Wildman–Crippen LogP) is 6.06. The molecule has 0 aromatic heterocycles. The van der Waals surface area contributed by atoms with E-state index in [1.807, 2.05) is 66.7 Å². The second-order valence-corrected chi connectivity index (χ2v) is 8.89. The van der Waals surface area contributed by atoms with Crippen LogP contribution >= 0.6 is 0 Å². The van der Waals surface area contributed by atoms with E-state index in [1.54, 1.807) is 41.3 Å². The van der Waals surface area contributed by atoms with Crippen molar-refractivity contribution >= 4 is 29.1 Å². The fourth-order valence-corrected chi connectivity index (χ4v) is 4.09. The van der Waals surface area contributed by atoms with Gasteiger partial charge in [0.25, 0.3) is 5.69 Å². The molecule has 3 N–H and O–H groups in total. The van der Waals surface area contributed by atoms with Gasteiger partial charge in [-0.25, -0.2) is 9.59 Å². The lowest BCUT2D eigenvalue weighted by molar-refractivity contribution is -0.384. The van der Waals surface area contributed by atoms with E-state index in [4.69, 9.17) is 0 Å². The van der Waals surface area contributed by atoms with Crippen molar-refractivity contribution in [3.05, 3.63) is 137 Å². The van der Waals surface area contributed by atoms with Crippen LogP contribution in [-0.2, 0) is 13.0 Å². The Kier molecular flexibility index (Phi) is 9.22. The molecule has 39 heavy (non-hydrogen) atoms. The maximum atomic E-state index is 13.6. The van der Waals surface area contributed by atoms with E-state index < -0.39 is 17.0 Å². The SMILES string of the molecule is O=C(NCC(Cc1ccccc1)N(Cc1ccc([N+](=O)[O-])cc1)C(=O)Nc1ccccc1)Nc1ccccc1. The molecule has 0 saturated carbocycles. The van der Waals surface area contributed by atoms with Gasteiger partial charge in [-0.1, -0.05) is 78.9 Å². The van der Waals surface area contributed by atoms with Crippen molar-refractivity contribution in [2.24, 2.45) is 0 Å². The zero-order chi connectivity index (χ0) is 27.5. The fraction of sp³-hybridized carbons (Fsp3) is 0.133. The molecule has 4 amide bonds. The summed E-state index contributed by atoms with van der Waals surface area (Å²) in [5.74, 6) is 0. The van der Waals surface area contributed by atoms with E-state index in [0.717, 1.165) is 11.1 Å². The molecule has 0 aliphatic heterocycles. The summed E-state index contributed by atoms with van der Waals surface area (Å²) in [4.78, 5) is 38.6. The van der Waals surface area contributed by atoms with Crippen LogP contribution in [0.25, 0.3) is 0 Å². The van der Waals surface area contributed by atoms with Gasteiger partial charge in [0.15, 0.2) is 0 Å². The Morgan fingerprint density at radius 1 is 0.718 bits per heavy atom. The lowest BCUT2D eigenvalue weighted by Crippen LogP contribution is -2.49. The van der Waals surface area contributed by atoms with Gasteiger partial charge >= 0.3 is 12.1 Å². The summed E-state index contributed by atoms with van der Waals surface area (Å²) < 4.78 is 0. The molecular formula is C30H29N5O4. The van der Waals surface area contributed by atoms with Crippen LogP contribution in [-0.4, -0.2) is 34.5 Å². The quantitative estimate of drug-likeness (QED) is 0.173. The van der Waals surface area contributed by atoms with E-state index >= 15 is 0 Å². The molecule has 0 saturated heterocycles. The second kappa shape index (κ2) is 13.4. The monoisotopic (exact) mass is 523 g/mol. The Morgan fingerprint density at radius 3 is 1.82 bits per heavy atom. The minimum absolute atomic E-state index is 0.0286. The number of non-ortho nitro benzene ring substituents is 1. The Morgan fingerprint density at radius 2 is 1.26 bits per heavy atom.